The first-order chi connectivity index (χ1) is 14.0. The van der Waals surface area contributed by atoms with Gasteiger partial charge in [0.05, 0.1) is 15.9 Å². The summed E-state index contributed by atoms with van der Waals surface area (Å²) in [6, 6.07) is 17.8. The molecule has 0 amide bonds. The third kappa shape index (κ3) is 5.96. The number of hydrogen-bond donors (Lipinski definition) is 0. The summed E-state index contributed by atoms with van der Waals surface area (Å²) in [5.41, 5.74) is 3.84. The molecule has 0 unspecified atom stereocenters. The molecule has 150 valence electrons. The highest BCUT2D eigenvalue weighted by atomic mass is 127. The summed E-state index contributed by atoms with van der Waals surface area (Å²) in [5, 5.41) is 0.709. The Hall–Kier alpha value is -1.57. The van der Waals surface area contributed by atoms with Crippen molar-refractivity contribution in [2.45, 2.75) is 20.5 Å². The molecular weight excluding hydrogens is 565 g/mol. The van der Waals surface area contributed by atoms with Crippen LogP contribution in [0.15, 0.2) is 64.1 Å². The fourth-order valence-electron chi connectivity index (χ4n) is 2.68. The van der Waals surface area contributed by atoms with Crippen LogP contribution < -0.4 is 9.47 Å². The van der Waals surface area contributed by atoms with E-state index in [4.69, 9.17) is 21.1 Å². The van der Waals surface area contributed by atoms with Crippen LogP contribution in [0.3, 0.4) is 0 Å². The normalized spacial score (nSPS) is 11.1. The Morgan fingerprint density at radius 3 is 2.59 bits per heavy atom. The highest BCUT2D eigenvalue weighted by Crippen LogP contribution is 2.35. The van der Waals surface area contributed by atoms with Crippen molar-refractivity contribution in [1.82, 2.24) is 0 Å². The number of ether oxygens (including phenoxy) is 2. The fraction of sp³-hybridized carbons (Fsp3) is 0.174. The van der Waals surface area contributed by atoms with E-state index in [1.165, 1.54) is 0 Å². The third-order valence-corrected chi connectivity index (χ3v) is 5.96. The molecule has 0 N–H and O–H groups in total. The second-order valence-corrected chi connectivity index (χ2v) is 8.81. The largest absolute Gasteiger partial charge is 0.490 e. The first kappa shape index (κ1) is 22.1. The number of halogens is 3. The smallest absolute Gasteiger partial charge is 0.175 e. The van der Waals surface area contributed by atoms with Crippen molar-refractivity contribution in [3.05, 3.63) is 84.4 Å². The van der Waals surface area contributed by atoms with Gasteiger partial charge in [0.15, 0.2) is 11.5 Å². The van der Waals surface area contributed by atoms with Gasteiger partial charge in [-0.25, -0.2) is 0 Å². The number of nitrogens with zero attached hydrogens (tertiary/aromatic N) is 1. The van der Waals surface area contributed by atoms with Crippen molar-refractivity contribution >= 4 is 62.0 Å². The second-order valence-electron chi connectivity index (χ2n) is 6.32. The fourth-order valence-corrected chi connectivity index (χ4v) is 3.90. The maximum atomic E-state index is 6.19. The number of aliphatic imine (C=N–C) groups is 1. The Morgan fingerprint density at radius 2 is 1.86 bits per heavy atom. The minimum absolute atomic E-state index is 0.471. The molecule has 0 aliphatic carbocycles. The molecule has 0 heterocycles. The SMILES string of the molecule is CCOc1cc(C=Nc2cccc(Cl)c2C)cc(I)c1OCc1ccc(Br)cc1. The Balaban J connectivity index is 1.84. The maximum Gasteiger partial charge on any atom is 0.175 e. The Kier molecular flexibility index (Phi) is 7.98. The zero-order chi connectivity index (χ0) is 20.8. The molecule has 0 aliphatic rings. The van der Waals surface area contributed by atoms with Crippen LogP contribution in [0.4, 0.5) is 5.69 Å². The number of hydrogen-bond acceptors (Lipinski definition) is 3. The van der Waals surface area contributed by atoms with Crippen molar-refractivity contribution in [2.75, 3.05) is 6.61 Å². The molecule has 0 spiro atoms. The van der Waals surface area contributed by atoms with Crippen LogP contribution in [-0.2, 0) is 6.61 Å². The third-order valence-electron chi connectivity index (χ3n) is 4.22. The van der Waals surface area contributed by atoms with Gasteiger partial charge in [0.2, 0.25) is 0 Å². The molecule has 0 fully saturated rings. The van der Waals surface area contributed by atoms with Gasteiger partial charge in [-0.15, -0.1) is 0 Å². The lowest BCUT2D eigenvalue weighted by Gasteiger charge is -2.15. The molecule has 29 heavy (non-hydrogen) atoms. The van der Waals surface area contributed by atoms with Gasteiger partial charge < -0.3 is 9.47 Å². The van der Waals surface area contributed by atoms with E-state index in [0.29, 0.717) is 24.0 Å². The molecule has 0 radical (unpaired) electrons. The molecule has 0 saturated carbocycles. The van der Waals surface area contributed by atoms with Crippen LogP contribution in [0.5, 0.6) is 11.5 Å². The standard InChI is InChI=1S/C23H20BrClINO2/c1-3-28-22-12-17(13-27-21-6-4-5-19(25)15(21)2)11-20(26)23(22)29-14-16-7-9-18(24)10-8-16/h4-13H,3,14H2,1-2H3. The molecule has 3 aromatic carbocycles. The van der Waals surface area contributed by atoms with Crippen molar-refractivity contribution in [3.8, 4) is 11.5 Å². The first-order valence-electron chi connectivity index (χ1n) is 9.10. The van der Waals surface area contributed by atoms with Gasteiger partial charge >= 0.3 is 0 Å². The van der Waals surface area contributed by atoms with Crippen molar-refractivity contribution in [2.24, 2.45) is 4.99 Å². The van der Waals surface area contributed by atoms with Crippen LogP contribution in [-0.4, -0.2) is 12.8 Å². The van der Waals surface area contributed by atoms with E-state index in [1.54, 1.807) is 0 Å². The lowest BCUT2D eigenvalue weighted by Crippen LogP contribution is -2.02. The molecule has 3 rings (SSSR count). The van der Waals surface area contributed by atoms with Gasteiger partial charge in [0.1, 0.15) is 6.61 Å². The van der Waals surface area contributed by atoms with Gasteiger partial charge in [-0.1, -0.05) is 45.7 Å². The highest BCUT2D eigenvalue weighted by Gasteiger charge is 2.12. The Labute approximate surface area is 198 Å². The zero-order valence-corrected chi connectivity index (χ0v) is 20.6. The van der Waals surface area contributed by atoms with Crippen molar-refractivity contribution < 1.29 is 9.47 Å². The van der Waals surface area contributed by atoms with Crippen LogP contribution >= 0.6 is 50.1 Å². The quantitative estimate of drug-likeness (QED) is 0.210. The van der Waals surface area contributed by atoms with Crippen molar-refractivity contribution in [3.63, 3.8) is 0 Å². The average Bonchev–Trinajstić information content (AvgIpc) is 2.70. The van der Waals surface area contributed by atoms with E-state index in [9.17, 15) is 0 Å². The summed E-state index contributed by atoms with van der Waals surface area (Å²) in [5.74, 6) is 1.45. The Morgan fingerprint density at radius 1 is 1.10 bits per heavy atom. The first-order valence-corrected chi connectivity index (χ1v) is 11.4. The lowest BCUT2D eigenvalue weighted by atomic mass is 10.2. The maximum absolute atomic E-state index is 6.19. The summed E-state index contributed by atoms with van der Waals surface area (Å²) in [7, 11) is 0. The minimum atomic E-state index is 0.471. The monoisotopic (exact) mass is 583 g/mol. The molecular formula is C23H20BrClINO2. The molecule has 3 aromatic rings. The number of benzene rings is 3. The average molecular weight is 585 g/mol. The van der Waals surface area contributed by atoms with Gasteiger partial charge in [0.25, 0.3) is 0 Å². The van der Waals surface area contributed by atoms with E-state index in [0.717, 1.165) is 36.2 Å². The second kappa shape index (κ2) is 10.5. The number of rotatable bonds is 7. The van der Waals surface area contributed by atoms with E-state index < -0.39 is 0 Å². The molecule has 0 atom stereocenters. The van der Waals surface area contributed by atoms with E-state index in [-0.39, 0.29) is 0 Å². The molecule has 0 aliphatic heterocycles. The predicted molar refractivity (Wildman–Crippen MR) is 132 cm³/mol. The van der Waals surface area contributed by atoms with Crippen LogP contribution in [0, 0.1) is 10.5 Å². The van der Waals surface area contributed by atoms with E-state index in [2.05, 4.69) is 43.5 Å². The summed E-state index contributed by atoms with van der Waals surface area (Å²) in [6.07, 6.45) is 1.82. The van der Waals surface area contributed by atoms with E-state index in [1.807, 2.05) is 74.7 Å². The Bertz CT molecular complexity index is 1020. The van der Waals surface area contributed by atoms with Gasteiger partial charge in [-0.2, -0.15) is 0 Å². The van der Waals surface area contributed by atoms with Crippen molar-refractivity contribution in [1.29, 1.82) is 0 Å². The highest BCUT2D eigenvalue weighted by molar-refractivity contribution is 14.1. The minimum Gasteiger partial charge on any atom is -0.490 e. The van der Waals surface area contributed by atoms with Gasteiger partial charge in [0, 0.05) is 15.7 Å². The molecule has 6 heteroatoms. The van der Waals surface area contributed by atoms with Crippen LogP contribution in [0.25, 0.3) is 0 Å². The van der Waals surface area contributed by atoms with Crippen LogP contribution in [0.2, 0.25) is 5.02 Å². The lowest BCUT2D eigenvalue weighted by molar-refractivity contribution is 0.267. The van der Waals surface area contributed by atoms with Crippen LogP contribution in [0.1, 0.15) is 23.6 Å². The summed E-state index contributed by atoms with van der Waals surface area (Å²) in [6.45, 7) is 4.95. The zero-order valence-electron chi connectivity index (χ0n) is 16.1. The molecule has 0 aromatic heterocycles. The molecule has 0 bridgehead atoms. The predicted octanol–water partition coefficient (Wildman–Crippen LogP) is 7.74. The van der Waals surface area contributed by atoms with Gasteiger partial charge in [-0.05, 0) is 89.5 Å². The summed E-state index contributed by atoms with van der Waals surface area (Å²) in [4.78, 5) is 4.60. The van der Waals surface area contributed by atoms with E-state index >= 15 is 0 Å². The summed E-state index contributed by atoms with van der Waals surface area (Å²) >= 11 is 11.9. The topological polar surface area (TPSA) is 30.8 Å². The molecule has 0 saturated heterocycles. The molecule has 3 nitrogen and oxygen atoms in total. The van der Waals surface area contributed by atoms with Gasteiger partial charge in [-0.3, -0.25) is 4.99 Å². The summed E-state index contributed by atoms with van der Waals surface area (Å²) < 4.78 is 13.9.